The third-order valence-electron chi connectivity index (χ3n) is 4.03. The van der Waals surface area contributed by atoms with Gasteiger partial charge in [-0.15, -0.1) is 24.0 Å². The molecular weight excluding hydrogens is 465 g/mol. The van der Waals surface area contributed by atoms with Crippen molar-refractivity contribution in [3.05, 3.63) is 66.0 Å². The van der Waals surface area contributed by atoms with Gasteiger partial charge in [0.05, 0.1) is 12.1 Å². The molecule has 3 N–H and O–H groups in total. The second-order valence-electron chi connectivity index (χ2n) is 6.33. The van der Waals surface area contributed by atoms with Crippen molar-refractivity contribution in [1.82, 2.24) is 20.9 Å². The Hall–Kier alpha value is -2.16. The van der Waals surface area contributed by atoms with E-state index in [4.69, 9.17) is 0 Å². The Balaban J connectivity index is 0.00000392. The summed E-state index contributed by atoms with van der Waals surface area (Å²) >= 11 is 0. The fraction of sp³-hybridized carbons (Fsp3) is 0.381. The average molecular weight is 495 g/mol. The van der Waals surface area contributed by atoms with Gasteiger partial charge in [0.15, 0.2) is 5.96 Å². The summed E-state index contributed by atoms with van der Waals surface area (Å²) in [6, 6.07) is 14.3. The van der Waals surface area contributed by atoms with Gasteiger partial charge in [-0.3, -0.25) is 14.8 Å². The van der Waals surface area contributed by atoms with E-state index in [0.717, 1.165) is 25.3 Å². The number of halogens is 1. The molecule has 0 spiro atoms. The molecular formula is C21H30IN5O. The standard InChI is InChI=1S/C21H29N5O.HI/c1-3-23-21(26-17(2)11-12-18-8-5-4-6-9-18)25-15-14-24-20(27)19-10-7-13-22-16-19;/h4-10,13,16-17H,3,11-12,14-15H2,1-2H3,(H,24,27)(H2,23,25,26);1H. The van der Waals surface area contributed by atoms with E-state index in [1.165, 1.54) is 5.56 Å². The Bertz CT molecular complexity index is 709. The quantitative estimate of drug-likeness (QED) is 0.216. The summed E-state index contributed by atoms with van der Waals surface area (Å²) in [7, 11) is 0. The first kappa shape index (κ1) is 23.9. The van der Waals surface area contributed by atoms with Crippen LogP contribution >= 0.6 is 24.0 Å². The lowest BCUT2D eigenvalue weighted by molar-refractivity contribution is 0.0954. The third kappa shape index (κ3) is 9.16. The SMILES string of the molecule is CCNC(=NCCNC(=O)c1cccnc1)NC(C)CCc1ccccc1.I. The molecule has 1 aromatic carbocycles. The number of hydrogen-bond donors (Lipinski definition) is 3. The number of rotatable bonds is 9. The summed E-state index contributed by atoms with van der Waals surface area (Å²) in [5, 5.41) is 9.53. The van der Waals surface area contributed by atoms with E-state index in [-0.39, 0.29) is 29.9 Å². The first-order valence-corrected chi connectivity index (χ1v) is 9.46. The van der Waals surface area contributed by atoms with Crippen LogP contribution in [0.15, 0.2) is 59.9 Å². The van der Waals surface area contributed by atoms with Gasteiger partial charge in [0.25, 0.3) is 5.91 Å². The number of carbonyl (C=O) groups is 1. The highest BCUT2D eigenvalue weighted by Crippen LogP contribution is 2.04. The monoisotopic (exact) mass is 495 g/mol. The number of benzene rings is 1. The molecule has 0 bridgehead atoms. The summed E-state index contributed by atoms with van der Waals surface area (Å²) in [5.41, 5.74) is 1.90. The van der Waals surface area contributed by atoms with Crippen LogP contribution in [0.1, 0.15) is 36.2 Å². The van der Waals surface area contributed by atoms with Crippen LogP contribution in [0.3, 0.4) is 0 Å². The van der Waals surface area contributed by atoms with Crippen molar-refractivity contribution in [1.29, 1.82) is 0 Å². The number of carbonyl (C=O) groups excluding carboxylic acids is 1. The molecule has 2 aromatic rings. The molecule has 0 radical (unpaired) electrons. The lowest BCUT2D eigenvalue weighted by atomic mass is 10.1. The molecule has 0 aliphatic heterocycles. The summed E-state index contributed by atoms with van der Waals surface area (Å²) < 4.78 is 0. The number of nitrogens with zero attached hydrogens (tertiary/aromatic N) is 2. The van der Waals surface area contributed by atoms with Crippen LogP contribution in [0.25, 0.3) is 0 Å². The van der Waals surface area contributed by atoms with Gasteiger partial charge in [-0.1, -0.05) is 30.3 Å². The molecule has 0 fully saturated rings. The van der Waals surface area contributed by atoms with Crippen LogP contribution in [0.5, 0.6) is 0 Å². The van der Waals surface area contributed by atoms with Crippen molar-refractivity contribution in [3.8, 4) is 0 Å². The van der Waals surface area contributed by atoms with Gasteiger partial charge < -0.3 is 16.0 Å². The number of guanidine groups is 1. The van der Waals surface area contributed by atoms with E-state index in [1.54, 1.807) is 24.5 Å². The molecule has 0 aliphatic carbocycles. The molecule has 1 unspecified atom stereocenters. The largest absolute Gasteiger partial charge is 0.357 e. The van der Waals surface area contributed by atoms with Crippen molar-refractivity contribution in [2.45, 2.75) is 32.7 Å². The Morgan fingerprint density at radius 1 is 1.14 bits per heavy atom. The molecule has 28 heavy (non-hydrogen) atoms. The molecule has 2 rings (SSSR count). The van der Waals surface area contributed by atoms with E-state index < -0.39 is 0 Å². The average Bonchev–Trinajstić information content (AvgIpc) is 2.71. The first-order chi connectivity index (χ1) is 13.2. The number of amides is 1. The minimum absolute atomic E-state index is 0. The lowest BCUT2D eigenvalue weighted by Crippen LogP contribution is -2.42. The van der Waals surface area contributed by atoms with Crippen molar-refractivity contribution in [3.63, 3.8) is 0 Å². The lowest BCUT2D eigenvalue weighted by Gasteiger charge is -2.18. The van der Waals surface area contributed by atoms with E-state index >= 15 is 0 Å². The van der Waals surface area contributed by atoms with Crippen molar-refractivity contribution >= 4 is 35.8 Å². The zero-order valence-electron chi connectivity index (χ0n) is 16.5. The number of nitrogens with one attached hydrogen (secondary N) is 3. The topological polar surface area (TPSA) is 78.4 Å². The maximum absolute atomic E-state index is 12.0. The molecule has 1 atom stereocenters. The molecule has 152 valence electrons. The molecule has 1 aromatic heterocycles. The predicted octanol–water partition coefficient (Wildman–Crippen LogP) is 3.01. The second kappa shape index (κ2) is 13.9. The molecule has 0 saturated heterocycles. The summed E-state index contributed by atoms with van der Waals surface area (Å²) in [4.78, 5) is 20.5. The molecule has 6 nitrogen and oxygen atoms in total. The number of aliphatic imine (C=N–C) groups is 1. The van der Waals surface area contributed by atoms with E-state index in [1.807, 2.05) is 13.0 Å². The maximum atomic E-state index is 12.0. The number of hydrogen-bond acceptors (Lipinski definition) is 3. The number of pyridine rings is 1. The molecule has 7 heteroatoms. The van der Waals surface area contributed by atoms with E-state index in [2.05, 4.69) is 57.1 Å². The summed E-state index contributed by atoms with van der Waals surface area (Å²) in [6.45, 7) is 5.96. The smallest absolute Gasteiger partial charge is 0.252 e. The van der Waals surface area contributed by atoms with Crippen LogP contribution < -0.4 is 16.0 Å². The molecule has 1 heterocycles. The fourth-order valence-corrected chi connectivity index (χ4v) is 2.59. The Morgan fingerprint density at radius 3 is 2.61 bits per heavy atom. The molecule has 0 aliphatic rings. The van der Waals surface area contributed by atoms with E-state index in [9.17, 15) is 4.79 Å². The summed E-state index contributed by atoms with van der Waals surface area (Å²) in [5.74, 6) is 0.640. The van der Waals surface area contributed by atoms with Gasteiger partial charge >= 0.3 is 0 Å². The maximum Gasteiger partial charge on any atom is 0.252 e. The van der Waals surface area contributed by atoms with Gasteiger partial charge in [-0.25, -0.2) is 0 Å². The Labute approximate surface area is 184 Å². The normalized spacial score (nSPS) is 11.9. The summed E-state index contributed by atoms with van der Waals surface area (Å²) in [6.07, 6.45) is 5.24. The third-order valence-corrected chi connectivity index (χ3v) is 4.03. The van der Waals surface area contributed by atoms with Crippen LogP contribution in [0.2, 0.25) is 0 Å². The van der Waals surface area contributed by atoms with Crippen LogP contribution in [0, 0.1) is 0 Å². The van der Waals surface area contributed by atoms with Crippen LogP contribution in [-0.4, -0.2) is 42.5 Å². The molecule has 1 amide bonds. The van der Waals surface area contributed by atoms with Crippen LogP contribution in [0.4, 0.5) is 0 Å². The van der Waals surface area contributed by atoms with Gasteiger partial charge in [-0.2, -0.15) is 0 Å². The second-order valence-corrected chi connectivity index (χ2v) is 6.33. The predicted molar refractivity (Wildman–Crippen MR) is 125 cm³/mol. The zero-order chi connectivity index (χ0) is 19.3. The first-order valence-electron chi connectivity index (χ1n) is 9.46. The molecule has 0 saturated carbocycles. The number of aryl methyl sites for hydroxylation is 1. The van der Waals surface area contributed by atoms with Gasteiger partial charge in [0.2, 0.25) is 0 Å². The van der Waals surface area contributed by atoms with Crippen molar-refractivity contribution in [2.75, 3.05) is 19.6 Å². The number of aromatic nitrogens is 1. The highest BCUT2D eigenvalue weighted by Gasteiger charge is 2.06. The zero-order valence-corrected chi connectivity index (χ0v) is 18.9. The highest BCUT2D eigenvalue weighted by atomic mass is 127. The fourth-order valence-electron chi connectivity index (χ4n) is 2.59. The minimum atomic E-state index is -0.132. The van der Waals surface area contributed by atoms with Crippen molar-refractivity contribution in [2.24, 2.45) is 4.99 Å². The van der Waals surface area contributed by atoms with Crippen molar-refractivity contribution < 1.29 is 4.79 Å². The van der Waals surface area contributed by atoms with Gasteiger partial charge in [0, 0.05) is 31.5 Å². The van der Waals surface area contributed by atoms with Crippen LogP contribution in [-0.2, 0) is 6.42 Å². The highest BCUT2D eigenvalue weighted by molar-refractivity contribution is 14.0. The Kier molecular flexibility index (Phi) is 11.9. The van der Waals surface area contributed by atoms with E-state index in [0.29, 0.717) is 24.7 Å². The van der Waals surface area contributed by atoms with Gasteiger partial charge in [0.1, 0.15) is 0 Å². The van der Waals surface area contributed by atoms with Gasteiger partial charge in [-0.05, 0) is 44.4 Å². The Morgan fingerprint density at radius 2 is 1.93 bits per heavy atom. The minimum Gasteiger partial charge on any atom is -0.357 e.